The molecule has 2 N–H and O–H groups in total. The third-order valence-electron chi connectivity index (χ3n) is 6.57. The number of rotatable bonds is 6. The maximum atomic E-state index is 13.0. The van der Waals surface area contributed by atoms with Gasteiger partial charge in [-0.2, -0.15) is 4.31 Å². The number of piperidine rings is 2. The lowest BCUT2D eigenvalue weighted by atomic mass is 9.95. The van der Waals surface area contributed by atoms with Crippen LogP contribution in [-0.2, 0) is 14.8 Å². The maximum absolute atomic E-state index is 13.0. The summed E-state index contributed by atoms with van der Waals surface area (Å²) in [6, 6.07) is 18.4. The van der Waals surface area contributed by atoms with Crippen LogP contribution in [0.3, 0.4) is 0 Å². The minimum Gasteiger partial charge on any atom is -0.342 e. The van der Waals surface area contributed by atoms with Gasteiger partial charge >= 0.3 is 6.03 Å². The first-order valence-corrected chi connectivity index (χ1v) is 13.6. The Bertz CT molecular complexity index is 1120. The van der Waals surface area contributed by atoms with Crippen molar-refractivity contribution >= 4 is 33.7 Å². The van der Waals surface area contributed by atoms with E-state index in [9.17, 15) is 18.0 Å². The van der Waals surface area contributed by atoms with Crippen molar-refractivity contribution in [3.8, 4) is 0 Å². The van der Waals surface area contributed by atoms with E-state index in [-0.39, 0.29) is 23.9 Å². The quantitative estimate of drug-likeness (QED) is 0.639. The Kier molecular flexibility index (Phi) is 8.20. The summed E-state index contributed by atoms with van der Waals surface area (Å²) in [7, 11) is -3.52. The number of amides is 3. The molecule has 0 radical (unpaired) electrons. The molecule has 2 aromatic rings. The SMILES string of the molecule is O=C(Nc1ccccc1)NC1CCN(C(=O)C2CCN(S(=O)(=O)/C=C/c3ccccc3)CC2)CC1. The van der Waals surface area contributed by atoms with Gasteiger partial charge in [0.05, 0.1) is 0 Å². The van der Waals surface area contributed by atoms with E-state index in [1.807, 2.05) is 65.6 Å². The number of nitrogens with one attached hydrogen (secondary N) is 2. The lowest BCUT2D eigenvalue weighted by molar-refractivity contribution is -0.137. The van der Waals surface area contributed by atoms with Gasteiger partial charge in [0.2, 0.25) is 15.9 Å². The van der Waals surface area contributed by atoms with Gasteiger partial charge in [-0.15, -0.1) is 0 Å². The van der Waals surface area contributed by atoms with Crippen LogP contribution in [0.5, 0.6) is 0 Å². The molecule has 8 nitrogen and oxygen atoms in total. The van der Waals surface area contributed by atoms with E-state index in [0.29, 0.717) is 51.9 Å². The Morgan fingerprint density at radius 1 is 0.829 bits per heavy atom. The van der Waals surface area contributed by atoms with Crippen molar-refractivity contribution in [3.63, 3.8) is 0 Å². The average molecular weight is 497 g/mol. The first kappa shape index (κ1) is 24.9. The van der Waals surface area contributed by atoms with Crippen LogP contribution >= 0.6 is 0 Å². The number of hydrogen-bond donors (Lipinski definition) is 2. The predicted octanol–water partition coefficient (Wildman–Crippen LogP) is 3.51. The third-order valence-corrected chi connectivity index (χ3v) is 8.13. The molecule has 186 valence electrons. The van der Waals surface area contributed by atoms with Gasteiger partial charge in [-0.3, -0.25) is 4.79 Å². The van der Waals surface area contributed by atoms with Crippen molar-refractivity contribution in [1.29, 1.82) is 0 Å². The topological polar surface area (TPSA) is 98.8 Å². The van der Waals surface area contributed by atoms with E-state index in [1.54, 1.807) is 6.08 Å². The van der Waals surface area contributed by atoms with Gasteiger partial charge in [0.25, 0.3) is 0 Å². The molecule has 0 saturated carbocycles. The number of para-hydroxylation sites is 1. The second-order valence-corrected chi connectivity index (χ2v) is 10.8. The lowest BCUT2D eigenvalue weighted by Gasteiger charge is -2.37. The van der Waals surface area contributed by atoms with Crippen molar-refractivity contribution in [2.45, 2.75) is 31.7 Å². The molecule has 2 saturated heterocycles. The first-order chi connectivity index (χ1) is 16.9. The highest BCUT2D eigenvalue weighted by atomic mass is 32.2. The summed E-state index contributed by atoms with van der Waals surface area (Å²) in [5, 5.41) is 7.05. The summed E-state index contributed by atoms with van der Waals surface area (Å²) >= 11 is 0. The van der Waals surface area contributed by atoms with Crippen LogP contribution in [0.2, 0.25) is 0 Å². The van der Waals surface area contributed by atoms with Gasteiger partial charge in [-0.25, -0.2) is 13.2 Å². The number of carbonyl (C=O) groups is 2. The molecular weight excluding hydrogens is 464 g/mol. The fraction of sp³-hybridized carbons (Fsp3) is 0.385. The Labute approximate surface area is 207 Å². The highest BCUT2D eigenvalue weighted by Gasteiger charge is 2.33. The van der Waals surface area contributed by atoms with Crippen LogP contribution in [0.15, 0.2) is 66.1 Å². The largest absolute Gasteiger partial charge is 0.342 e. The van der Waals surface area contributed by atoms with Crippen LogP contribution in [0.1, 0.15) is 31.2 Å². The first-order valence-electron chi connectivity index (χ1n) is 12.1. The number of carbonyl (C=O) groups excluding carboxylic acids is 2. The Morgan fingerprint density at radius 2 is 1.43 bits per heavy atom. The molecule has 2 heterocycles. The van der Waals surface area contributed by atoms with Crippen LogP contribution < -0.4 is 10.6 Å². The van der Waals surface area contributed by atoms with Crippen molar-refractivity contribution in [2.75, 3.05) is 31.5 Å². The molecule has 2 fully saturated rings. The zero-order chi connectivity index (χ0) is 24.7. The number of benzene rings is 2. The summed E-state index contributed by atoms with van der Waals surface area (Å²) in [5.74, 6) is -0.0699. The van der Waals surface area contributed by atoms with E-state index >= 15 is 0 Å². The monoisotopic (exact) mass is 496 g/mol. The van der Waals surface area contributed by atoms with Gasteiger partial charge in [0, 0.05) is 49.2 Å². The number of anilines is 1. The molecule has 0 spiro atoms. The molecule has 3 amide bonds. The molecule has 2 aliphatic heterocycles. The fourth-order valence-electron chi connectivity index (χ4n) is 4.55. The molecular formula is C26H32N4O4S. The lowest BCUT2D eigenvalue weighted by Crippen LogP contribution is -2.50. The second-order valence-electron chi connectivity index (χ2n) is 9.00. The Hall–Kier alpha value is -3.17. The van der Waals surface area contributed by atoms with Gasteiger partial charge in [0.1, 0.15) is 0 Å². The fourth-order valence-corrected chi connectivity index (χ4v) is 5.77. The molecule has 0 unspecified atom stereocenters. The van der Waals surface area contributed by atoms with Crippen molar-refractivity contribution < 1.29 is 18.0 Å². The minimum atomic E-state index is -3.52. The predicted molar refractivity (Wildman–Crippen MR) is 137 cm³/mol. The molecule has 35 heavy (non-hydrogen) atoms. The van der Waals surface area contributed by atoms with Gasteiger partial charge in [0.15, 0.2) is 0 Å². The summed E-state index contributed by atoms with van der Waals surface area (Å²) in [5.41, 5.74) is 1.57. The zero-order valence-electron chi connectivity index (χ0n) is 19.7. The summed E-state index contributed by atoms with van der Waals surface area (Å²) in [6.07, 6.45) is 4.05. The number of nitrogens with zero attached hydrogens (tertiary/aromatic N) is 2. The number of hydrogen-bond acceptors (Lipinski definition) is 4. The average Bonchev–Trinajstić information content (AvgIpc) is 2.89. The molecule has 0 aliphatic carbocycles. The maximum Gasteiger partial charge on any atom is 0.319 e. The zero-order valence-corrected chi connectivity index (χ0v) is 20.5. The van der Waals surface area contributed by atoms with Crippen molar-refractivity contribution in [1.82, 2.24) is 14.5 Å². The smallest absolute Gasteiger partial charge is 0.319 e. The van der Waals surface area contributed by atoms with Crippen LogP contribution in [0.4, 0.5) is 10.5 Å². The minimum absolute atomic E-state index is 0.0196. The normalized spacial score (nSPS) is 18.5. The van der Waals surface area contributed by atoms with E-state index in [0.717, 1.165) is 11.3 Å². The molecule has 4 rings (SSSR count). The van der Waals surface area contributed by atoms with Crippen molar-refractivity contribution in [2.24, 2.45) is 5.92 Å². The van der Waals surface area contributed by atoms with E-state index in [1.165, 1.54) is 9.71 Å². The van der Waals surface area contributed by atoms with E-state index in [2.05, 4.69) is 10.6 Å². The number of urea groups is 1. The number of sulfonamides is 1. The molecule has 0 aromatic heterocycles. The third kappa shape index (κ3) is 6.93. The van der Waals surface area contributed by atoms with Crippen LogP contribution in [0, 0.1) is 5.92 Å². The van der Waals surface area contributed by atoms with Crippen LogP contribution in [-0.4, -0.2) is 61.8 Å². The van der Waals surface area contributed by atoms with Crippen LogP contribution in [0.25, 0.3) is 6.08 Å². The van der Waals surface area contributed by atoms with Crippen molar-refractivity contribution in [3.05, 3.63) is 71.6 Å². The highest BCUT2D eigenvalue weighted by molar-refractivity contribution is 7.92. The molecule has 0 atom stereocenters. The van der Waals surface area contributed by atoms with E-state index < -0.39 is 10.0 Å². The summed E-state index contributed by atoms with van der Waals surface area (Å²) in [4.78, 5) is 27.1. The molecule has 2 aromatic carbocycles. The van der Waals surface area contributed by atoms with E-state index in [4.69, 9.17) is 0 Å². The standard InChI is InChI=1S/C26H32N4O4S/c31-25(29-16-13-24(14-17-29)28-26(32)27-23-9-5-2-6-10-23)22-11-18-30(19-12-22)35(33,34)20-15-21-7-3-1-4-8-21/h1-10,15,20,22,24H,11-14,16-19H2,(H2,27,28,32)/b20-15+. The Balaban J connectivity index is 1.20. The summed E-state index contributed by atoms with van der Waals surface area (Å²) < 4.78 is 26.8. The highest BCUT2D eigenvalue weighted by Crippen LogP contribution is 2.24. The second kappa shape index (κ2) is 11.5. The molecule has 2 aliphatic rings. The van der Waals surface area contributed by atoms with Gasteiger partial charge in [-0.05, 0) is 49.5 Å². The van der Waals surface area contributed by atoms with Gasteiger partial charge < -0.3 is 15.5 Å². The molecule has 9 heteroatoms. The number of likely N-dealkylation sites (tertiary alicyclic amines) is 1. The Morgan fingerprint density at radius 3 is 2.06 bits per heavy atom. The molecule has 0 bridgehead atoms. The van der Waals surface area contributed by atoms with Gasteiger partial charge in [-0.1, -0.05) is 48.5 Å². The summed E-state index contributed by atoms with van der Waals surface area (Å²) in [6.45, 7) is 1.87.